The van der Waals surface area contributed by atoms with Crippen LogP contribution in [0.15, 0.2) is 12.2 Å². The van der Waals surface area contributed by atoms with Gasteiger partial charge in [-0.15, -0.1) is 0 Å². The second kappa shape index (κ2) is 48.7. The van der Waals surface area contributed by atoms with Crippen molar-refractivity contribution in [1.82, 2.24) is 0 Å². The average molecular weight is 944 g/mol. The van der Waals surface area contributed by atoms with Crippen LogP contribution in [0.3, 0.4) is 0 Å². The van der Waals surface area contributed by atoms with E-state index >= 15 is 0 Å². The van der Waals surface area contributed by atoms with Crippen molar-refractivity contribution in [3.8, 4) is 0 Å². The third-order valence-electron chi connectivity index (χ3n) is 12.3. The molecule has 0 heterocycles. The van der Waals surface area contributed by atoms with Gasteiger partial charge in [0.15, 0.2) is 6.10 Å². The normalized spacial score (nSPS) is 13.5. The highest BCUT2D eigenvalue weighted by atomic mass is 31.2. The molecule has 0 amide bonds. The van der Waals surface area contributed by atoms with Gasteiger partial charge in [0.05, 0.1) is 13.2 Å². The minimum Gasteiger partial charge on any atom is -0.480 e. The molecule has 0 aromatic carbocycles. The summed E-state index contributed by atoms with van der Waals surface area (Å²) in [6, 6.07) is -1.52. The van der Waals surface area contributed by atoms with Crippen LogP contribution in [0.5, 0.6) is 0 Å². The lowest BCUT2D eigenvalue weighted by atomic mass is 10.0. The molecule has 0 bridgehead atoms. The Morgan fingerprint density at radius 2 is 0.769 bits per heavy atom. The highest BCUT2D eigenvalue weighted by molar-refractivity contribution is 7.47. The van der Waals surface area contributed by atoms with Crippen LogP contribution in [-0.4, -0.2) is 59.9 Å². The molecule has 0 aliphatic rings. The van der Waals surface area contributed by atoms with Gasteiger partial charge in [0.1, 0.15) is 12.6 Å². The molecule has 3 unspecified atom stereocenters. The molecular formula is C53H102NO10P. The molecule has 65 heavy (non-hydrogen) atoms. The number of rotatable bonds is 52. The molecule has 0 spiro atoms. The number of unbranched alkanes of at least 4 members (excludes halogenated alkanes) is 36. The van der Waals surface area contributed by atoms with E-state index < -0.39 is 51.1 Å². The van der Waals surface area contributed by atoms with Gasteiger partial charge in [-0.25, -0.2) is 4.57 Å². The smallest absolute Gasteiger partial charge is 0.472 e. The fourth-order valence-electron chi connectivity index (χ4n) is 8.00. The molecule has 3 atom stereocenters. The number of carbonyl (C=O) groups is 3. The number of carboxylic acid groups (broad SMARTS) is 1. The first-order chi connectivity index (χ1) is 31.6. The minimum absolute atomic E-state index is 0.166. The van der Waals surface area contributed by atoms with Crippen molar-refractivity contribution >= 4 is 25.7 Å². The molecular weight excluding hydrogens is 842 g/mol. The Morgan fingerprint density at radius 3 is 1.12 bits per heavy atom. The van der Waals surface area contributed by atoms with Crippen LogP contribution in [0, 0.1) is 0 Å². The third-order valence-corrected chi connectivity index (χ3v) is 13.2. The predicted octanol–water partition coefficient (Wildman–Crippen LogP) is 15.6. The van der Waals surface area contributed by atoms with Crippen LogP contribution in [0.25, 0.3) is 0 Å². The molecule has 0 rings (SSSR count). The minimum atomic E-state index is -4.72. The van der Waals surface area contributed by atoms with Crippen molar-refractivity contribution in [2.45, 2.75) is 289 Å². The number of carbonyl (C=O) groups excluding carboxylic acids is 2. The van der Waals surface area contributed by atoms with Gasteiger partial charge >= 0.3 is 25.7 Å². The summed E-state index contributed by atoms with van der Waals surface area (Å²) in [5.74, 6) is -2.35. The van der Waals surface area contributed by atoms with Crippen LogP contribution >= 0.6 is 7.82 Å². The summed E-state index contributed by atoms with van der Waals surface area (Å²) in [6.45, 7) is 2.87. The number of allylic oxidation sites excluding steroid dienone is 2. The van der Waals surface area contributed by atoms with E-state index in [1.54, 1.807) is 0 Å². The summed E-state index contributed by atoms with van der Waals surface area (Å²) in [7, 11) is -4.72. The van der Waals surface area contributed by atoms with Crippen molar-refractivity contribution in [2.75, 3.05) is 19.8 Å². The molecule has 0 aromatic rings. The lowest BCUT2D eigenvalue weighted by molar-refractivity contribution is -0.161. The Kier molecular flexibility index (Phi) is 47.3. The number of hydrogen-bond acceptors (Lipinski definition) is 9. The molecule has 384 valence electrons. The molecule has 0 aliphatic heterocycles. The first-order valence-corrected chi connectivity index (χ1v) is 28.7. The quantitative estimate of drug-likeness (QED) is 0.0229. The highest BCUT2D eigenvalue weighted by Crippen LogP contribution is 2.43. The molecule has 12 heteroatoms. The summed E-state index contributed by atoms with van der Waals surface area (Å²) in [4.78, 5) is 46.2. The Balaban J connectivity index is 4.16. The number of ether oxygens (including phenoxy) is 2. The van der Waals surface area contributed by atoms with Crippen LogP contribution in [0.2, 0.25) is 0 Å². The van der Waals surface area contributed by atoms with Crippen LogP contribution in [0.1, 0.15) is 277 Å². The molecule has 0 radical (unpaired) electrons. The van der Waals surface area contributed by atoms with Gasteiger partial charge in [-0.2, -0.15) is 0 Å². The first-order valence-electron chi connectivity index (χ1n) is 27.2. The molecule has 0 aliphatic carbocycles. The molecule has 0 saturated carbocycles. The molecule has 0 aromatic heterocycles. The SMILES string of the molecule is CCCCCCCCCC/C=C\CCCCCCCCCCCCCC(=O)OC(COC(=O)CCCCCCCCCCCCCCCCCCCC)COP(=O)(O)OCC(N)C(=O)O. The van der Waals surface area contributed by atoms with Gasteiger partial charge in [0.2, 0.25) is 0 Å². The van der Waals surface area contributed by atoms with Gasteiger partial charge in [-0.05, 0) is 38.5 Å². The second-order valence-electron chi connectivity index (χ2n) is 18.7. The largest absolute Gasteiger partial charge is 0.480 e. The summed E-state index contributed by atoms with van der Waals surface area (Å²) < 4.78 is 32.9. The maximum absolute atomic E-state index is 12.7. The third kappa shape index (κ3) is 48.5. The van der Waals surface area contributed by atoms with Gasteiger partial charge in [0, 0.05) is 12.8 Å². The van der Waals surface area contributed by atoms with E-state index in [-0.39, 0.29) is 19.4 Å². The monoisotopic (exact) mass is 944 g/mol. The van der Waals surface area contributed by atoms with Gasteiger partial charge in [-0.1, -0.05) is 238 Å². The van der Waals surface area contributed by atoms with Crippen molar-refractivity contribution in [3.05, 3.63) is 12.2 Å². The Morgan fingerprint density at radius 1 is 0.462 bits per heavy atom. The van der Waals surface area contributed by atoms with E-state index in [1.165, 1.54) is 199 Å². The fourth-order valence-corrected chi connectivity index (χ4v) is 8.78. The van der Waals surface area contributed by atoms with Crippen LogP contribution in [0.4, 0.5) is 0 Å². The lowest BCUT2D eigenvalue weighted by Crippen LogP contribution is -2.34. The number of aliphatic carboxylic acids is 1. The molecule has 4 N–H and O–H groups in total. The molecule has 11 nitrogen and oxygen atoms in total. The summed E-state index contributed by atoms with van der Waals surface area (Å²) >= 11 is 0. The van der Waals surface area contributed by atoms with Crippen LogP contribution < -0.4 is 5.73 Å². The summed E-state index contributed by atoms with van der Waals surface area (Å²) in [6.07, 6.45) is 52.8. The topological polar surface area (TPSA) is 172 Å². The first kappa shape index (κ1) is 63.2. The Hall–Kier alpha value is -1.78. The van der Waals surface area contributed by atoms with E-state index in [0.717, 1.165) is 38.5 Å². The van der Waals surface area contributed by atoms with E-state index in [4.69, 9.17) is 29.4 Å². The standard InChI is InChI=1S/C53H102NO10P/c1-3-5-7-9-11-13-15-17-19-21-23-24-25-26-27-29-31-33-35-37-39-41-43-45-52(56)64-49(47-62-65(59,60)63-48-50(54)53(57)58)46-61-51(55)44-42-40-38-36-34-32-30-28-22-20-18-16-14-12-10-8-6-4-2/h21,23,49-50H,3-20,22,24-48,54H2,1-2H3,(H,57,58)(H,59,60)/b23-21-. The number of phosphoric ester groups is 1. The number of phosphoric acid groups is 1. The van der Waals surface area contributed by atoms with Gasteiger partial charge < -0.3 is 25.2 Å². The summed E-state index contributed by atoms with van der Waals surface area (Å²) in [5, 5.41) is 8.93. The van der Waals surface area contributed by atoms with Crippen molar-refractivity contribution in [2.24, 2.45) is 5.73 Å². The number of carboxylic acids is 1. The van der Waals surface area contributed by atoms with E-state index in [0.29, 0.717) is 12.8 Å². The predicted molar refractivity (Wildman–Crippen MR) is 268 cm³/mol. The van der Waals surface area contributed by atoms with Crippen molar-refractivity contribution in [3.63, 3.8) is 0 Å². The number of nitrogens with two attached hydrogens (primary N) is 1. The van der Waals surface area contributed by atoms with E-state index in [1.807, 2.05) is 0 Å². The average Bonchev–Trinajstić information content (AvgIpc) is 3.28. The Bertz CT molecular complexity index is 1150. The van der Waals surface area contributed by atoms with Gasteiger partial charge in [-0.3, -0.25) is 23.4 Å². The second-order valence-corrected chi connectivity index (χ2v) is 20.2. The zero-order chi connectivity index (χ0) is 47.7. The van der Waals surface area contributed by atoms with Crippen molar-refractivity contribution < 1.29 is 47.5 Å². The zero-order valence-corrected chi connectivity index (χ0v) is 43.0. The highest BCUT2D eigenvalue weighted by Gasteiger charge is 2.28. The number of esters is 2. The maximum atomic E-state index is 12.7. The van der Waals surface area contributed by atoms with Crippen molar-refractivity contribution in [1.29, 1.82) is 0 Å². The van der Waals surface area contributed by atoms with Crippen LogP contribution in [-0.2, 0) is 37.5 Å². The fraction of sp³-hybridized carbons (Fsp3) is 0.906. The Labute approximate surface area is 398 Å². The molecule has 0 saturated heterocycles. The maximum Gasteiger partial charge on any atom is 0.472 e. The molecule has 0 fully saturated rings. The lowest BCUT2D eigenvalue weighted by Gasteiger charge is -2.20. The number of hydrogen-bond donors (Lipinski definition) is 3. The zero-order valence-electron chi connectivity index (χ0n) is 42.1. The van der Waals surface area contributed by atoms with E-state index in [9.17, 15) is 23.8 Å². The summed E-state index contributed by atoms with van der Waals surface area (Å²) in [5.41, 5.74) is 5.36. The van der Waals surface area contributed by atoms with E-state index in [2.05, 4.69) is 26.0 Å². The van der Waals surface area contributed by atoms with Gasteiger partial charge in [0.25, 0.3) is 0 Å².